The smallest absolute Gasteiger partial charge is 0.400 e. The molecule has 0 amide bonds. The Bertz CT molecular complexity index is 431. The second-order valence-electron chi connectivity index (χ2n) is 4.57. The van der Waals surface area contributed by atoms with E-state index in [-0.39, 0.29) is 18.2 Å². The van der Waals surface area contributed by atoms with E-state index in [0.717, 1.165) is 26.0 Å². The molecule has 3 nitrogen and oxygen atoms in total. The van der Waals surface area contributed by atoms with Gasteiger partial charge in [-0.25, -0.2) is 4.39 Å². The largest absolute Gasteiger partial charge is 0.416 e. The fourth-order valence-corrected chi connectivity index (χ4v) is 2.02. The van der Waals surface area contributed by atoms with E-state index in [0.29, 0.717) is 19.3 Å². The molecule has 1 heterocycles. The summed E-state index contributed by atoms with van der Waals surface area (Å²) in [6.45, 7) is 1.55. The summed E-state index contributed by atoms with van der Waals surface area (Å²) in [4.78, 5) is 0. The number of hydrogen-bond donors (Lipinski definition) is 2. The van der Waals surface area contributed by atoms with E-state index >= 15 is 0 Å². The third kappa shape index (κ3) is 5.61. The number of rotatable bonds is 3. The average molecular weight is 309 g/mol. The van der Waals surface area contributed by atoms with Crippen molar-refractivity contribution in [3.8, 4) is 0 Å². The van der Waals surface area contributed by atoms with Gasteiger partial charge in [0.1, 0.15) is 5.82 Å². The standard InChI is InChI=1S/C13H15F4NO.CH4O/c14-12-7-10(13(15,16)17)2-1-9(12)8-18-11-3-5-19-6-4-11;1-2/h1-2,7,11,18H,3-6,8H2;2H,1H3. The van der Waals surface area contributed by atoms with Crippen molar-refractivity contribution in [3.63, 3.8) is 0 Å². The van der Waals surface area contributed by atoms with E-state index in [9.17, 15) is 17.6 Å². The summed E-state index contributed by atoms with van der Waals surface area (Å²) in [5, 5.41) is 10.1. The SMILES string of the molecule is CO.Fc1cc(C(F)(F)F)ccc1CNC1CCOCC1. The van der Waals surface area contributed by atoms with Crippen molar-refractivity contribution >= 4 is 0 Å². The topological polar surface area (TPSA) is 41.5 Å². The number of ether oxygens (including phenoxy) is 1. The third-order valence-electron chi connectivity index (χ3n) is 3.18. The van der Waals surface area contributed by atoms with Crippen molar-refractivity contribution in [2.45, 2.75) is 31.6 Å². The van der Waals surface area contributed by atoms with E-state index < -0.39 is 17.6 Å². The van der Waals surface area contributed by atoms with Crippen LogP contribution in [0.3, 0.4) is 0 Å². The molecule has 0 radical (unpaired) electrons. The first kappa shape index (κ1) is 17.9. The lowest BCUT2D eigenvalue weighted by atomic mass is 10.1. The lowest BCUT2D eigenvalue weighted by Crippen LogP contribution is -2.34. The molecule has 0 atom stereocenters. The first-order valence-electron chi connectivity index (χ1n) is 6.58. The van der Waals surface area contributed by atoms with Gasteiger partial charge in [-0.3, -0.25) is 0 Å². The molecular formula is C14H19F4NO2. The van der Waals surface area contributed by atoms with E-state index in [1.165, 1.54) is 6.07 Å². The summed E-state index contributed by atoms with van der Waals surface area (Å²) in [7, 11) is 1.00. The van der Waals surface area contributed by atoms with Crippen LogP contribution in [0.25, 0.3) is 0 Å². The maximum atomic E-state index is 13.6. The van der Waals surface area contributed by atoms with Crippen LogP contribution in [0.2, 0.25) is 0 Å². The number of benzene rings is 1. The molecule has 0 saturated carbocycles. The van der Waals surface area contributed by atoms with E-state index in [4.69, 9.17) is 9.84 Å². The average Bonchev–Trinajstić information content (AvgIpc) is 2.48. The van der Waals surface area contributed by atoms with Crippen molar-refractivity contribution in [1.29, 1.82) is 0 Å². The van der Waals surface area contributed by atoms with Crippen LogP contribution in [-0.2, 0) is 17.5 Å². The Morgan fingerprint density at radius 3 is 2.38 bits per heavy atom. The summed E-state index contributed by atoms with van der Waals surface area (Å²) in [6.07, 6.45) is -2.84. The zero-order valence-electron chi connectivity index (χ0n) is 11.7. The Morgan fingerprint density at radius 2 is 1.86 bits per heavy atom. The molecule has 0 spiro atoms. The Balaban J connectivity index is 0.00000106. The first-order chi connectivity index (χ1) is 9.97. The molecule has 2 rings (SSSR count). The number of aliphatic hydroxyl groups excluding tert-OH is 1. The van der Waals surface area contributed by atoms with Gasteiger partial charge < -0.3 is 15.2 Å². The predicted octanol–water partition coefficient (Wildman–Crippen LogP) is 2.72. The maximum absolute atomic E-state index is 13.6. The molecule has 7 heteroatoms. The first-order valence-corrected chi connectivity index (χ1v) is 6.58. The van der Waals surface area contributed by atoms with Gasteiger partial charge in [-0.05, 0) is 25.0 Å². The van der Waals surface area contributed by atoms with Gasteiger partial charge in [-0.2, -0.15) is 13.2 Å². The molecule has 1 aliphatic heterocycles. The Labute approximate surface area is 120 Å². The molecule has 0 aliphatic carbocycles. The van der Waals surface area contributed by atoms with Crippen LogP contribution in [0.1, 0.15) is 24.0 Å². The number of halogens is 4. The zero-order valence-corrected chi connectivity index (χ0v) is 11.7. The molecule has 2 N–H and O–H groups in total. The lowest BCUT2D eigenvalue weighted by Gasteiger charge is -2.23. The Hall–Kier alpha value is -1.18. The van der Waals surface area contributed by atoms with Gasteiger partial charge >= 0.3 is 6.18 Å². The summed E-state index contributed by atoms with van der Waals surface area (Å²) < 4.78 is 55.9. The van der Waals surface area contributed by atoms with Crippen molar-refractivity contribution < 1.29 is 27.4 Å². The summed E-state index contributed by atoms with van der Waals surface area (Å²) >= 11 is 0. The van der Waals surface area contributed by atoms with Crippen LogP contribution >= 0.6 is 0 Å². The minimum absolute atomic E-state index is 0.231. The Kier molecular flexibility index (Phi) is 7.07. The summed E-state index contributed by atoms with van der Waals surface area (Å²) in [5.74, 6) is -0.825. The Morgan fingerprint density at radius 1 is 1.24 bits per heavy atom. The number of aliphatic hydroxyl groups is 1. The highest BCUT2D eigenvalue weighted by Crippen LogP contribution is 2.30. The quantitative estimate of drug-likeness (QED) is 0.844. The summed E-state index contributed by atoms with van der Waals surface area (Å²) in [6, 6.07) is 2.87. The molecule has 120 valence electrons. The highest BCUT2D eigenvalue weighted by Gasteiger charge is 2.31. The maximum Gasteiger partial charge on any atom is 0.416 e. The van der Waals surface area contributed by atoms with Gasteiger partial charge in [-0.15, -0.1) is 0 Å². The summed E-state index contributed by atoms with van der Waals surface area (Å²) in [5.41, 5.74) is -0.709. The van der Waals surface area contributed by atoms with Gasteiger partial charge in [0.05, 0.1) is 5.56 Å². The van der Waals surface area contributed by atoms with Crippen LogP contribution in [-0.4, -0.2) is 31.5 Å². The normalized spacial score (nSPS) is 16.3. The molecule has 1 fully saturated rings. The van der Waals surface area contributed by atoms with Crippen LogP contribution in [0.15, 0.2) is 18.2 Å². The molecule has 1 aliphatic rings. The molecular weight excluding hydrogens is 290 g/mol. The highest BCUT2D eigenvalue weighted by molar-refractivity contribution is 5.26. The monoisotopic (exact) mass is 309 g/mol. The van der Waals surface area contributed by atoms with Gasteiger partial charge in [0.25, 0.3) is 0 Å². The van der Waals surface area contributed by atoms with Crippen LogP contribution < -0.4 is 5.32 Å². The fraction of sp³-hybridized carbons (Fsp3) is 0.571. The minimum Gasteiger partial charge on any atom is -0.400 e. The highest BCUT2D eigenvalue weighted by atomic mass is 19.4. The second kappa shape index (κ2) is 8.31. The molecule has 0 bridgehead atoms. The van der Waals surface area contributed by atoms with Gasteiger partial charge in [-0.1, -0.05) is 6.07 Å². The number of nitrogens with one attached hydrogen (secondary N) is 1. The third-order valence-corrected chi connectivity index (χ3v) is 3.18. The van der Waals surface area contributed by atoms with Gasteiger partial charge in [0.2, 0.25) is 0 Å². The van der Waals surface area contributed by atoms with E-state index in [1.54, 1.807) is 0 Å². The van der Waals surface area contributed by atoms with Crippen LogP contribution in [0.4, 0.5) is 17.6 Å². The van der Waals surface area contributed by atoms with Crippen molar-refractivity contribution in [2.75, 3.05) is 20.3 Å². The molecule has 1 saturated heterocycles. The lowest BCUT2D eigenvalue weighted by molar-refractivity contribution is -0.137. The predicted molar refractivity (Wildman–Crippen MR) is 70.2 cm³/mol. The van der Waals surface area contributed by atoms with Crippen LogP contribution in [0, 0.1) is 5.82 Å². The van der Waals surface area contributed by atoms with Crippen molar-refractivity contribution in [1.82, 2.24) is 5.32 Å². The molecule has 1 aromatic carbocycles. The molecule has 0 aromatic heterocycles. The fourth-order valence-electron chi connectivity index (χ4n) is 2.02. The zero-order chi connectivity index (χ0) is 15.9. The van der Waals surface area contributed by atoms with Gasteiger partial charge in [0.15, 0.2) is 0 Å². The molecule has 1 aromatic rings. The van der Waals surface area contributed by atoms with E-state index in [1.807, 2.05) is 0 Å². The van der Waals surface area contributed by atoms with Crippen molar-refractivity contribution in [3.05, 3.63) is 35.1 Å². The van der Waals surface area contributed by atoms with Crippen LogP contribution in [0.5, 0.6) is 0 Å². The molecule has 21 heavy (non-hydrogen) atoms. The second-order valence-corrected chi connectivity index (χ2v) is 4.57. The van der Waals surface area contributed by atoms with Gasteiger partial charge in [0, 0.05) is 38.5 Å². The van der Waals surface area contributed by atoms with Crippen molar-refractivity contribution in [2.24, 2.45) is 0 Å². The number of hydrogen-bond acceptors (Lipinski definition) is 3. The minimum atomic E-state index is -4.51. The number of alkyl halides is 3. The van der Waals surface area contributed by atoms with E-state index in [2.05, 4.69) is 5.32 Å². The molecule has 0 unspecified atom stereocenters.